The Morgan fingerprint density at radius 2 is 1.00 bits per heavy atom. The van der Waals surface area contributed by atoms with Crippen molar-refractivity contribution in [2.24, 2.45) is 0 Å². The number of rotatable bonds is 0. The summed E-state index contributed by atoms with van der Waals surface area (Å²) in [6.45, 7) is 2.01. The van der Waals surface area contributed by atoms with Gasteiger partial charge in [-0.1, -0.05) is 72.8 Å². The van der Waals surface area contributed by atoms with Gasteiger partial charge in [0, 0.05) is 11.1 Å². The number of para-hydroxylation sites is 1. The third kappa shape index (κ3) is 3.84. The standard InChI is InChI=1S/C10H9N.C10H8.ClH/c1-8-6-7-9-4-2-3-5-10(9)11-8;1-2-6-10-8-4-3-7-9(10)5-1;/h2-7H,1H3;1-8H;1H. The van der Waals surface area contributed by atoms with Crippen molar-refractivity contribution in [3.05, 3.63) is 90.6 Å². The first kappa shape index (κ1) is 16.0. The van der Waals surface area contributed by atoms with E-state index >= 15 is 0 Å². The number of benzene rings is 3. The predicted molar refractivity (Wildman–Crippen MR) is 97.7 cm³/mol. The first-order chi connectivity index (χ1) is 10.3. The van der Waals surface area contributed by atoms with Crippen LogP contribution in [-0.2, 0) is 0 Å². The number of pyridine rings is 1. The van der Waals surface area contributed by atoms with Crippen LogP contribution in [0, 0.1) is 6.92 Å². The van der Waals surface area contributed by atoms with Crippen LogP contribution in [0.3, 0.4) is 0 Å². The monoisotopic (exact) mass is 307 g/mol. The van der Waals surface area contributed by atoms with Gasteiger partial charge >= 0.3 is 0 Å². The molecule has 4 rings (SSSR count). The van der Waals surface area contributed by atoms with Gasteiger partial charge in [0.2, 0.25) is 0 Å². The molecule has 1 heterocycles. The fourth-order valence-electron chi connectivity index (χ4n) is 2.30. The lowest BCUT2D eigenvalue weighted by molar-refractivity contribution is 1.26. The quantitative estimate of drug-likeness (QED) is 0.400. The molecule has 0 amide bonds. The molecule has 1 aromatic heterocycles. The van der Waals surface area contributed by atoms with E-state index in [0.29, 0.717) is 0 Å². The van der Waals surface area contributed by atoms with Gasteiger partial charge in [-0.15, -0.1) is 12.4 Å². The zero-order valence-electron chi connectivity index (χ0n) is 12.4. The molecule has 0 fully saturated rings. The number of hydrogen-bond donors (Lipinski definition) is 0. The van der Waals surface area contributed by atoms with E-state index in [9.17, 15) is 0 Å². The molecular formula is C20H18ClN. The lowest BCUT2D eigenvalue weighted by Gasteiger charge is -1.95. The summed E-state index contributed by atoms with van der Waals surface area (Å²) in [5.74, 6) is 0. The summed E-state index contributed by atoms with van der Waals surface area (Å²) in [6, 6.07) is 29.0. The normalized spacial score (nSPS) is 9.68. The summed E-state index contributed by atoms with van der Waals surface area (Å²) < 4.78 is 0. The van der Waals surface area contributed by atoms with Crippen LogP contribution in [0.5, 0.6) is 0 Å². The first-order valence-electron chi connectivity index (χ1n) is 7.09. The fraction of sp³-hybridized carbons (Fsp3) is 0.0500. The maximum atomic E-state index is 4.38. The molecule has 0 radical (unpaired) electrons. The van der Waals surface area contributed by atoms with Crippen molar-refractivity contribution in [2.75, 3.05) is 0 Å². The SMILES string of the molecule is Cc1ccc2ccccc2n1.Cl.c1ccc2ccccc2c1. The van der Waals surface area contributed by atoms with Crippen LogP contribution in [0.4, 0.5) is 0 Å². The maximum Gasteiger partial charge on any atom is 0.0705 e. The van der Waals surface area contributed by atoms with E-state index in [-0.39, 0.29) is 12.4 Å². The second-order valence-corrected chi connectivity index (χ2v) is 4.99. The van der Waals surface area contributed by atoms with Gasteiger partial charge in [-0.3, -0.25) is 4.98 Å². The Hall–Kier alpha value is -2.38. The summed E-state index contributed by atoms with van der Waals surface area (Å²) in [7, 11) is 0. The predicted octanol–water partition coefficient (Wildman–Crippen LogP) is 5.80. The van der Waals surface area contributed by atoms with Crippen LogP contribution in [0.2, 0.25) is 0 Å². The lowest BCUT2D eigenvalue weighted by Crippen LogP contribution is -1.80. The molecule has 0 atom stereocenters. The number of hydrogen-bond acceptors (Lipinski definition) is 1. The molecule has 110 valence electrons. The Morgan fingerprint density at radius 1 is 0.545 bits per heavy atom. The van der Waals surface area contributed by atoms with Gasteiger partial charge in [0.1, 0.15) is 0 Å². The van der Waals surface area contributed by atoms with Crippen molar-refractivity contribution in [3.63, 3.8) is 0 Å². The van der Waals surface area contributed by atoms with E-state index in [4.69, 9.17) is 0 Å². The van der Waals surface area contributed by atoms with E-state index < -0.39 is 0 Å². The van der Waals surface area contributed by atoms with Crippen molar-refractivity contribution in [1.29, 1.82) is 0 Å². The Bertz CT molecular complexity index is 805. The van der Waals surface area contributed by atoms with Crippen molar-refractivity contribution >= 4 is 34.1 Å². The zero-order chi connectivity index (χ0) is 14.5. The molecule has 0 aliphatic rings. The third-order valence-corrected chi connectivity index (χ3v) is 3.40. The Balaban J connectivity index is 0.000000154. The Kier molecular flexibility index (Phi) is 5.51. The molecule has 4 aromatic rings. The highest BCUT2D eigenvalue weighted by Crippen LogP contribution is 2.11. The van der Waals surface area contributed by atoms with Gasteiger partial charge in [0.05, 0.1) is 5.52 Å². The van der Waals surface area contributed by atoms with Crippen molar-refractivity contribution in [1.82, 2.24) is 4.98 Å². The van der Waals surface area contributed by atoms with E-state index in [2.05, 4.69) is 65.6 Å². The smallest absolute Gasteiger partial charge is 0.0705 e. The van der Waals surface area contributed by atoms with Crippen LogP contribution in [0.25, 0.3) is 21.7 Å². The topological polar surface area (TPSA) is 12.9 Å². The second-order valence-electron chi connectivity index (χ2n) is 4.99. The fourth-order valence-corrected chi connectivity index (χ4v) is 2.30. The van der Waals surface area contributed by atoms with Crippen LogP contribution >= 0.6 is 12.4 Å². The number of fused-ring (bicyclic) bond motifs is 2. The molecular weight excluding hydrogens is 290 g/mol. The molecule has 1 nitrogen and oxygen atoms in total. The average molecular weight is 308 g/mol. The van der Waals surface area contributed by atoms with Crippen molar-refractivity contribution < 1.29 is 0 Å². The van der Waals surface area contributed by atoms with Gasteiger partial charge < -0.3 is 0 Å². The van der Waals surface area contributed by atoms with Gasteiger partial charge in [0.15, 0.2) is 0 Å². The van der Waals surface area contributed by atoms with Crippen LogP contribution in [0.1, 0.15) is 5.69 Å². The van der Waals surface area contributed by atoms with E-state index in [1.54, 1.807) is 0 Å². The number of halogens is 1. The lowest BCUT2D eigenvalue weighted by atomic mass is 10.1. The summed E-state index contributed by atoms with van der Waals surface area (Å²) in [5.41, 5.74) is 2.15. The van der Waals surface area contributed by atoms with Gasteiger partial charge in [-0.2, -0.15) is 0 Å². The number of aryl methyl sites for hydroxylation is 1. The Morgan fingerprint density at radius 3 is 1.55 bits per heavy atom. The molecule has 0 aliphatic heterocycles. The highest BCUT2D eigenvalue weighted by molar-refractivity contribution is 5.85. The molecule has 0 unspecified atom stereocenters. The molecule has 0 aliphatic carbocycles. The van der Waals surface area contributed by atoms with E-state index in [0.717, 1.165) is 11.2 Å². The van der Waals surface area contributed by atoms with Gasteiger partial charge in [0.25, 0.3) is 0 Å². The largest absolute Gasteiger partial charge is 0.253 e. The number of aromatic nitrogens is 1. The first-order valence-corrected chi connectivity index (χ1v) is 7.09. The molecule has 22 heavy (non-hydrogen) atoms. The van der Waals surface area contributed by atoms with Crippen molar-refractivity contribution in [3.8, 4) is 0 Å². The summed E-state index contributed by atoms with van der Waals surface area (Å²) in [5, 5.41) is 3.83. The summed E-state index contributed by atoms with van der Waals surface area (Å²) in [6.07, 6.45) is 0. The Labute approximate surface area is 137 Å². The average Bonchev–Trinajstić information content (AvgIpc) is 2.55. The molecule has 2 heteroatoms. The zero-order valence-corrected chi connectivity index (χ0v) is 13.3. The third-order valence-electron chi connectivity index (χ3n) is 3.40. The van der Waals surface area contributed by atoms with Crippen LogP contribution < -0.4 is 0 Å². The van der Waals surface area contributed by atoms with Gasteiger partial charge in [-0.25, -0.2) is 0 Å². The summed E-state index contributed by atoms with van der Waals surface area (Å²) >= 11 is 0. The van der Waals surface area contributed by atoms with Crippen LogP contribution in [-0.4, -0.2) is 4.98 Å². The second kappa shape index (κ2) is 7.58. The minimum atomic E-state index is 0. The molecule has 0 N–H and O–H groups in total. The van der Waals surface area contributed by atoms with E-state index in [1.807, 2.05) is 31.2 Å². The highest BCUT2D eigenvalue weighted by Gasteiger charge is 1.91. The maximum absolute atomic E-state index is 4.38. The summed E-state index contributed by atoms with van der Waals surface area (Å²) in [4.78, 5) is 4.38. The molecule has 0 saturated carbocycles. The highest BCUT2D eigenvalue weighted by atomic mass is 35.5. The molecule has 0 spiro atoms. The minimum absolute atomic E-state index is 0. The molecule has 3 aromatic carbocycles. The van der Waals surface area contributed by atoms with Crippen molar-refractivity contribution in [2.45, 2.75) is 6.92 Å². The van der Waals surface area contributed by atoms with Gasteiger partial charge in [-0.05, 0) is 29.8 Å². The van der Waals surface area contributed by atoms with Crippen LogP contribution in [0.15, 0.2) is 84.9 Å². The molecule has 0 bridgehead atoms. The minimum Gasteiger partial charge on any atom is -0.253 e. The van der Waals surface area contributed by atoms with E-state index in [1.165, 1.54) is 16.2 Å². The molecule has 0 saturated heterocycles. The number of nitrogens with zero attached hydrogens (tertiary/aromatic N) is 1.